The summed E-state index contributed by atoms with van der Waals surface area (Å²) in [5, 5.41) is 0. The van der Waals surface area contributed by atoms with E-state index in [1.807, 2.05) is 4.90 Å². The Bertz CT molecular complexity index is 1200. The molecule has 0 N–H and O–H groups in total. The van der Waals surface area contributed by atoms with E-state index in [9.17, 15) is 28.0 Å². The average molecular weight is 564 g/mol. The van der Waals surface area contributed by atoms with E-state index in [1.54, 1.807) is 0 Å². The molecule has 5 fully saturated rings. The van der Waals surface area contributed by atoms with Gasteiger partial charge >= 0.3 is 23.9 Å². The van der Waals surface area contributed by atoms with Gasteiger partial charge in [0.05, 0.1) is 31.6 Å². The Morgan fingerprint density at radius 2 is 1.77 bits per heavy atom. The van der Waals surface area contributed by atoms with Crippen molar-refractivity contribution in [3.8, 4) is 0 Å². The highest BCUT2D eigenvalue weighted by atomic mass is 19.2. The second kappa shape index (κ2) is 10.7. The fourth-order valence-corrected chi connectivity index (χ4v) is 7.22. The molecular formula is C28H31F2NO9. The van der Waals surface area contributed by atoms with Crippen LogP contribution in [0.4, 0.5) is 8.78 Å². The third kappa shape index (κ3) is 4.85. The number of hydrogen-bond acceptors (Lipinski definition) is 10. The molecule has 0 spiro atoms. The van der Waals surface area contributed by atoms with Crippen molar-refractivity contribution in [2.45, 2.75) is 49.9 Å². The largest absolute Gasteiger partial charge is 0.458 e. The highest BCUT2D eigenvalue weighted by molar-refractivity contribution is 5.86. The fraction of sp³-hybridized carbons (Fsp3) is 0.643. The third-order valence-corrected chi connectivity index (χ3v) is 9.05. The Kier molecular flexibility index (Phi) is 7.24. The van der Waals surface area contributed by atoms with Crippen LogP contribution >= 0.6 is 0 Å². The molecule has 2 bridgehead atoms. The van der Waals surface area contributed by atoms with Crippen molar-refractivity contribution in [1.82, 2.24) is 4.90 Å². The summed E-state index contributed by atoms with van der Waals surface area (Å²) in [5.74, 6) is -7.01. The van der Waals surface area contributed by atoms with Gasteiger partial charge in [0.1, 0.15) is 17.8 Å². The van der Waals surface area contributed by atoms with Gasteiger partial charge in [-0.3, -0.25) is 19.3 Å². The van der Waals surface area contributed by atoms with Crippen molar-refractivity contribution >= 4 is 23.9 Å². The van der Waals surface area contributed by atoms with Crippen LogP contribution in [0.2, 0.25) is 0 Å². The number of rotatable bonds is 8. The maximum absolute atomic E-state index is 14.1. The molecule has 2 heterocycles. The summed E-state index contributed by atoms with van der Waals surface area (Å²) < 4.78 is 55.2. The van der Waals surface area contributed by atoms with Gasteiger partial charge < -0.3 is 23.7 Å². The van der Waals surface area contributed by atoms with Crippen LogP contribution in [0.1, 0.15) is 37.7 Å². The van der Waals surface area contributed by atoms with Crippen LogP contribution in [-0.2, 0) is 48.5 Å². The molecule has 10 nitrogen and oxygen atoms in total. The smallest absolute Gasteiger partial charge is 0.344 e. The van der Waals surface area contributed by atoms with Crippen LogP contribution in [0.25, 0.3) is 0 Å². The lowest BCUT2D eigenvalue weighted by Gasteiger charge is -2.35. The zero-order valence-electron chi connectivity index (χ0n) is 21.9. The van der Waals surface area contributed by atoms with Crippen LogP contribution in [0.3, 0.4) is 0 Å². The lowest BCUT2D eigenvalue weighted by atomic mass is 9.78. The van der Waals surface area contributed by atoms with Gasteiger partial charge in [0.25, 0.3) is 0 Å². The average Bonchev–Trinajstić information content (AvgIpc) is 3.69. The zero-order chi connectivity index (χ0) is 28.0. The van der Waals surface area contributed by atoms with Gasteiger partial charge in [-0.25, -0.2) is 13.6 Å². The Morgan fingerprint density at radius 1 is 1.02 bits per heavy atom. The van der Waals surface area contributed by atoms with Crippen LogP contribution in [-0.4, -0.2) is 80.4 Å². The number of carbonyl (C=O) groups is 4. The predicted molar refractivity (Wildman–Crippen MR) is 129 cm³/mol. The molecule has 40 heavy (non-hydrogen) atoms. The molecule has 2 aliphatic heterocycles. The molecule has 6 rings (SSSR count). The number of fused-ring (bicyclic) bond motifs is 1. The summed E-state index contributed by atoms with van der Waals surface area (Å²) in [6.07, 6.45) is 1.24. The van der Waals surface area contributed by atoms with E-state index < -0.39 is 77.7 Å². The van der Waals surface area contributed by atoms with Gasteiger partial charge in [-0.2, -0.15) is 0 Å². The Labute approximate surface area is 229 Å². The summed E-state index contributed by atoms with van der Waals surface area (Å²) in [6, 6.07) is 3.49. The first kappa shape index (κ1) is 27.1. The molecular weight excluding hydrogens is 532 g/mol. The van der Waals surface area contributed by atoms with Crippen molar-refractivity contribution in [3.63, 3.8) is 0 Å². The first-order valence-corrected chi connectivity index (χ1v) is 13.8. The van der Waals surface area contributed by atoms with Gasteiger partial charge in [0.2, 0.25) is 0 Å². The standard InChI is InChI=1S/C28H31F2NO9/c29-18-4-3-15(11-19(18)30)28(5-1-2-6-28)40-27(35)23-17-12-16-22(23)26(34)39-25(16)24(17)38-21(33)14-37-20(32)13-31-7-9-36-10-8-31/h3-4,11,16-17,22-25H,1-2,5-10,12-14H2. The summed E-state index contributed by atoms with van der Waals surface area (Å²) in [7, 11) is 0. The molecule has 0 aromatic heterocycles. The first-order valence-electron chi connectivity index (χ1n) is 13.8. The SMILES string of the molecule is O=C(CN1CCOCC1)OCC(=O)OC1C2CC3C1OC(=O)C3C2C(=O)OC1(c2ccc(F)c(F)c2)CCCC1. The molecule has 6 unspecified atom stereocenters. The summed E-state index contributed by atoms with van der Waals surface area (Å²) in [6.45, 7) is 1.65. The number of hydrogen-bond donors (Lipinski definition) is 0. The van der Waals surface area contributed by atoms with Crippen molar-refractivity contribution in [1.29, 1.82) is 0 Å². The molecule has 0 amide bonds. The maximum Gasteiger partial charge on any atom is 0.344 e. The summed E-state index contributed by atoms with van der Waals surface area (Å²) in [5.41, 5.74) is -0.759. The van der Waals surface area contributed by atoms with Crippen LogP contribution in [0.5, 0.6) is 0 Å². The number of nitrogens with zero attached hydrogens (tertiary/aromatic N) is 1. The number of benzene rings is 1. The van der Waals surface area contributed by atoms with Crippen molar-refractivity contribution in [3.05, 3.63) is 35.4 Å². The Hall–Kier alpha value is -3.12. The highest BCUT2D eigenvalue weighted by Gasteiger charge is 2.70. The van der Waals surface area contributed by atoms with E-state index in [4.69, 9.17) is 23.7 Å². The highest BCUT2D eigenvalue weighted by Crippen LogP contribution is 2.59. The van der Waals surface area contributed by atoms with Crippen LogP contribution in [0, 0.1) is 35.3 Å². The van der Waals surface area contributed by atoms with E-state index in [0.29, 0.717) is 51.1 Å². The predicted octanol–water partition coefficient (Wildman–Crippen LogP) is 1.87. The second-order valence-corrected chi connectivity index (χ2v) is 11.3. The molecule has 5 aliphatic rings. The summed E-state index contributed by atoms with van der Waals surface area (Å²) >= 11 is 0. The number of esters is 4. The lowest BCUT2D eigenvalue weighted by molar-refractivity contribution is -0.178. The molecule has 2 saturated heterocycles. The van der Waals surface area contributed by atoms with E-state index in [1.165, 1.54) is 6.07 Å². The Balaban J connectivity index is 1.12. The quantitative estimate of drug-likeness (QED) is 0.343. The van der Waals surface area contributed by atoms with Crippen LogP contribution in [0.15, 0.2) is 18.2 Å². The molecule has 1 aromatic rings. The van der Waals surface area contributed by atoms with Gasteiger partial charge in [-0.15, -0.1) is 0 Å². The van der Waals surface area contributed by atoms with E-state index in [0.717, 1.165) is 25.0 Å². The zero-order valence-corrected chi connectivity index (χ0v) is 21.9. The lowest BCUT2D eigenvalue weighted by Crippen LogP contribution is -2.45. The number of carbonyl (C=O) groups excluding carboxylic acids is 4. The second-order valence-electron chi connectivity index (χ2n) is 11.3. The van der Waals surface area contributed by atoms with Crippen molar-refractivity contribution in [2.24, 2.45) is 23.7 Å². The van der Waals surface area contributed by atoms with Crippen molar-refractivity contribution < 1.29 is 51.6 Å². The number of morpholine rings is 1. The topological polar surface area (TPSA) is 118 Å². The monoisotopic (exact) mass is 563 g/mol. The van der Waals surface area contributed by atoms with Crippen molar-refractivity contribution in [2.75, 3.05) is 39.5 Å². The van der Waals surface area contributed by atoms with Gasteiger partial charge in [-0.05, 0) is 49.8 Å². The molecule has 1 aromatic carbocycles. The van der Waals surface area contributed by atoms with E-state index in [2.05, 4.69) is 0 Å². The van der Waals surface area contributed by atoms with Gasteiger partial charge in [-0.1, -0.05) is 6.07 Å². The fourth-order valence-electron chi connectivity index (χ4n) is 7.22. The maximum atomic E-state index is 14.1. The molecule has 3 saturated carbocycles. The number of ether oxygens (including phenoxy) is 5. The molecule has 12 heteroatoms. The molecule has 6 atom stereocenters. The minimum absolute atomic E-state index is 0.0281. The van der Waals surface area contributed by atoms with Gasteiger partial charge in [0, 0.05) is 24.9 Å². The van der Waals surface area contributed by atoms with Gasteiger partial charge in [0.15, 0.2) is 18.2 Å². The summed E-state index contributed by atoms with van der Waals surface area (Å²) in [4.78, 5) is 53.1. The van der Waals surface area contributed by atoms with E-state index >= 15 is 0 Å². The van der Waals surface area contributed by atoms with Crippen LogP contribution < -0.4 is 0 Å². The van der Waals surface area contributed by atoms with E-state index in [-0.39, 0.29) is 12.5 Å². The minimum atomic E-state index is -1.13. The molecule has 3 aliphatic carbocycles. The molecule has 0 radical (unpaired) electrons. The minimum Gasteiger partial charge on any atom is -0.458 e. The molecule has 216 valence electrons. The first-order chi connectivity index (χ1) is 19.3. The Morgan fingerprint density at radius 3 is 2.50 bits per heavy atom. The number of halogens is 2. The normalized spacial score (nSPS) is 32.1. The third-order valence-electron chi connectivity index (χ3n) is 9.05.